The van der Waals surface area contributed by atoms with Crippen LogP contribution in [0.25, 0.3) is 0 Å². The fraction of sp³-hybridized carbons (Fsp3) is 0.0769. The van der Waals surface area contributed by atoms with Crippen LogP contribution in [0.3, 0.4) is 0 Å². The van der Waals surface area contributed by atoms with E-state index in [-0.39, 0.29) is 16.5 Å². The standard InChI is InChI=1S/C13H11ClFNO4S/c1-20-9-3-5-12(17)11(7-9)16-21(18,19)13-6-8(15)2-4-10(13)14/h2-7,16-17H,1H3. The summed E-state index contributed by atoms with van der Waals surface area (Å²) < 4.78 is 44.7. The van der Waals surface area contributed by atoms with E-state index in [1.54, 1.807) is 0 Å². The molecule has 0 saturated heterocycles. The second-order valence-electron chi connectivity index (χ2n) is 4.06. The van der Waals surface area contributed by atoms with Crippen LogP contribution in [0.1, 0.15) is 0 Å². The normalized spacial score (nSPS) is 11.2. The molecular weight excluding hydrogens is 321 g/mol. The van der Waals surface area contributed by atoms with E-state index in [2.05, 4.69) is 4.72 Å². The van der Waals surface area contributed by atoms with Crippen molar-refractivity contribution >= 4 is 27.3 Å². The Kier molecular flexibility index (Phi) is 4.24. The third-order valence-corrected chi connectivity index (χ3v) is 4.48. The number of phenols is 1. The van der Waals surface area contributed by atoms with Gasteiger partial charge in [0.05, 0.1) is 17.8 Å². The summed E-state index contributed by atoms with van der Waals surface area (Å²) in [6.07, 6.45) is 0. The van der Waals surface area contributed by atoms with Crippen LogP contribution in [0.4, 0.5) is 10.1 Å². The zero-order valence-electron chi connectivity index (χ0n) is 10.8. The molecule has 0 saturated carbocycles. The lowest BCUT2D eigenvalue weighted by atomic mass is 10.3. The molecule has 8 heteroatoms. The average Bonchev–Trinajstić information content (AvgIpc) is 2.43. The molecule has 0 spiro atoms. The van der Waals surface area contributed by atoms with Gasteiger partial charge in [-0.1, -0.05) is 11.6 Å². The summed E-state index contributed by atoms with van der Waals surface area (Å²) in [5.74, 6) is -0.697. The number of hydrogen-bond acceptors (Lipinski definition) is 4. The van der Waals surface area contributed by atoms with E-state index in [0.717, 1.165) is 18.2 Å². The molecule has 0 atom stereocenters. The van der Waals surface area contributed by atoms with Crippen LogP contribution in [-0.4, -0.2) is 20.6 Å². The number of methoxy groups -OCH3 is 1. The molecule has 0 unspecified atom stereocenters. The summed E-state index contributed by atoms with van der Waals surface area (Å²) in [6, 6.07) is 7.00. The smallest absolute Gasteiger partial charge is 0.263 e. The summed E-state index contributed by atoms with van der Waals surface area (Å²) in [4.78, 5) is -0.425. The maximum Gasteiger partial charge on any atom is 0.263 e. The van der Waals surface area contributed by atoms with Gasteiger partial charge in [0.2, 0.25) is 0 Å². The van der Waals surface area contributed by atoms with Crippen molar-refractivity contribution in [2.75, 3.05) is 11.8 Å². The van der Waals surface area contributed by atoms with E-state index >= 15 is 0 Å². The molecule has 0 heterocycles. The Morgan fingerprint density at radius 1 is 1.24 bits per heavy atom. The van der Waals surface area contributed by atoms with E-state index in [9.17, 15) is 17.9 Å². The van der Waals surface area contributed by atoms with Gasteiger partial charge in [-0.05, 0) is 30.3 Å². The number of aromatic hydroxyl groups is 1. The number of rotatable bonds is 4. The molecule has 0 radical (unpaired) electrons. The number of benzene rings is 2. The summed E-state index contributed by atoms with van der Waals surface area (Å²) in [5.41, 5.74) is -0.102. The van der Waals surface area contributed by atoms with Crippen molar-refractivity contribution in [2.24, 2.45) is 0 Å². The number of anilines is 1. The largest absolute Gasteiger partial charge is 0.506 e. The zero-order valence-corrected chi connectivity index (χ0v) is 12.4. The van der Waals surface area contributed by atoms with Crippen LogP contribution >= 0.6 is 11.6 Å². The molecule has 0 bridgehead atoms. The molecule has 0 fully saturated rings. The minimum Gasteiger partial charge on any atom is -0.506 e. The van der Waals surface area contributed by atoms with E-state index in [1.165, 1.54) is 25.3 Å². The predicted octanol–water partition coefficient (Wildman–Crippen LogP) is 2.99. The molecule has 0 aromatic heterocycles. The van der Waals surface area contributed by atoms with Gasteiger partial charge in [0, 0.05) is 6.07 Å². The molecule has 5 nitrogen and oxygen atoms in total. The number of halogens is 2. The van der Waals surface area contributed by atoms with Crippen LogP contribution in [0.2, 0.25) is 5.02 Å². The Bertz CT molecular complexity index is 780. The van der Waals surface area contributed by atoms with Crippen molar-refractivity contribution in [1.82, 2.24) is 0 Å². The van der Waals surface area contributed by atoms with Crippen molar-refractivity contribution in [3.05, 3.63) is 47.2 Å². The van der Waals surface area contributed by atoms with Gasteiger partial charge in [-0.2, -0.15) is 0 Å². The molecule has 2 N–H and O–H groups in total. The molecule has 112 valence electrons. The highest BCUT2D eigenvalue weighted by molar-refractivity contribution is 7.92. The molecule has 0 aliphatic rings. The highest BCUT2D eigenvalue weighted by Crippen LogP contribution is 2.31. The minimum absolute atomic E-state index is 0.102. The molecule has 0 aliphatic heterocycles. The SMILES string of the molecule is COc1ccc(O)c(NS(=O)(=O)c2cc(F)ccc2Cl)c1. The number of ether oxygens (including phenoxy) is 1. The van der Waals surface area contributed by atoms with Crippen molar-refractivity contribution < 1.29 is 22.7 Å². The molecule has 21 heavy (non-hydrogen) atoms. The van der Waals surface area contributed by atoms with Gasteiger partial charge < -0.3 is 9.84 Å². The number of phenolic OH excluding ortho intramolecular Hbond substituents is 1. The molecular formula is C13H11ClFNO4S. The van der Waals surface area contributed by atoms with Gasteiger partial charge in [0.1, 0.15) is 22.2 Å². The van der Waals surface area contributed by atoms with Gasteiger partial charge in [0.15, 0.2) is 0 Å². The third-order valence-electron chi connectivity index (χ3n) is 2.63. The fourth-order valence-corrected chi connectivity index (χ4v) is 3.18. The molecule has 2 aromatic carbocycles. The monoisotopic (exact) mass is 331 g/mol. The first-order valence-corrected chi connectivity index (χ1v) is 7.54. The lowest BCUT2D eigenvalue weighted by molar-refractivity contribution is 0.413. The molecule has 2 aromatic rings. The lowest BCUT2D eigenvalue weighted by Crippen LogP contribution is -2.14. The van der Waals surface area contributed by atoms with Crippen LogP contribution in [0.15, 0.2) is 41.3 Å². The zero-order chi connectivity index (χ0) is 15.6. The maximum absolute atomic E-state index is 13.2. The van der Waals surface area contributed by atoms with Crippen LogP contribution in [0, 0.1) is 5.82 Å². The van der Waals surface area contributed by atoms with E-state index in [1.807, 2.05) is 0 Å². The Morgan fingerprint density at radius 3 is 2.62 bits per heavy atom. The quantitative estimate of drug-likeness (QED) is 0.844. The number of nitrogens with one attached hydrogen (secondary N) is 1. The summed E-state index contributed by atoms with van der Waals surface area (Å²) in [7, 11) is -2.75. The van der Waals surface area contributed by atoms with Gasteiger partial charge in [0.25, 0.3) is 10.0 Å². The van der Waals surface area contributed by atoms with Crippen LogP contribution in [0.5, 0.6) is 11.5 Å². The third kappa shape index (κ3) is 3.37. The first-order chi connectivity index (χ1) is 9.83. The van der Waals surface area contributed by atoms with Crippen LogP contribution < -0.4 is 9.46 Å². The Labute approximate surface area is 126 Å². The van der Waals surface area contributed by atoms with Gasteiger partial charge >= 0.3 is 0 Å². The summed E-state index contributed by atoms with van der Waals surface area (Å²) in [6.45, 7) is 0. The van der Waals surface area contributed by atoms with E-state index < -0.39 is 20.7 Å². The average molecular weight is 332 g/mol. The second-order valence-corrected chi connectivity index (χ2v) is 6.12. The molecule has 0 amide bonds. The highest BCUT2D eigenvalue weighted by atomic mass is 35.5. The van der Waals surface area contributed by atoms with E-state index in [4.69, 9.17) is 16.3 Å². The number of sulfonamides is 1. The molecule has 2 rings (SSSR count). The van der Waals surface area contributed by atoms with E-state index in [0.29, 0.717) is 5.75 Å². The van der Waals surface area contributed by atoms with Gasteiger partial charge in [-0.15, -0.1) is 0 Å². The van der Waals surface area contributed by atoms with Gasteiger partial charge in [-0.3, -0.25) is 4.72 Å². The molecule has 0 aliphatic carbocycles. The first kappa shape index (κ1) is 15.4. The minimum atomic E-state index is -4.15. The second kappa shape index (κ2) is 5.79. The number of hydrogen-bond donors (Lipinski definition) is 2. The topological polar surface area (TPSA) is 75.6 Å². The summed E-state index contributed by atoms with van der Waals surface area (Å²) >= 11 is 5.77. The lowest BCUT2D eigenvalue weighted by Gasteiger charge is -2.12. The fourth-order valence-electron chi connectivity index (χ4n) is 1.61. The highest BCUT2D eigenvalue weighted by Gasteiger charge is 2.20. The summed E-state index contributed by atoms with van der Waals surface area (Å²) in [5, 5.41) is 9.54. The Hall–Kier alpha value is -1.99. The van der Waals surface area contributed by atoms with Crippen molar-refractivity contribution in [3.63, 3.8) is 0 Å². The maximum atomic E-state index is 13.2. The van der Waals surface area contributed by atoms with Crippen molar-refractivity contribution in [2.45, 2.75) is 4.90 Å². The Morgan fingerprint density at radius 2 is 1.95 bits per heavy atom. The first-order valence-electron chi connectivity index (χ1n) is 5.68. The van der Waals surface area contributed by atoms with Crippen molar-refractivity contribution in [3.8, 4) is 11.5 Å². The van der Waals surface area contributed by atoms with Crippen LogP contribution in [-0.2, 0) is 10.0 Å². The van der Waals surface area contributed by atoms with Gasteiger partial charge in [-0.25, -0.2) is 12.8 Å². The Balaban J connectivity index is 2.44. The predicted molar refractivity (Wildman–Crippen MR) is 76.9 cm³/mol. The van der Waals surface area contributed by atoms with Crippen molar-refractivity contribution in [1.29, 1.82) is 0 Å².